The van der Waals surface area contributed by atoms with Gasteiger partial charge in [-0.2, -0.15) is 0 Å². The Balaban J connectivity index is 1.25. The highest BCUT2D eigenvalue weighted by Gasteiger charge is 2.46. The van der Waals surface area contributed by atoms with E-state index < -0.39 is 0 Å². The third-order valence-corrected chi connectivity index (χ3v) is 16.3. The number of anilines is 6. The lowest BCUT2D eigenvalue weighted by Crippen LogP contribution is -2.60. The molecule has 2 aliphatic rings. The van der Waals surface area contributed by atoms with Crippen molar-refractivity contribution in [3.05, 3.63) is 173 Å². The summed E-state index contributed by atoms with van der Waals surface area (Å²) in [5.74, 6) is 0. The van der Waals surface area contributed by atoms with Crippen molar-refractivity contribution in [3.63, 3.8) is 0 Å². The Morgan fingerprint density at radius 3 is 1.78 bits per heavy atom. The number of nitrogens with zero attached hydrogens (tertiary/aromatic N) is 2. The van der Waals surface area contributed by atoms with Crippen molar-refractivity contribution in [2.45, 2.75) is 92.4 Å². The van der Waals surface area contributed by atoms with E-state index in [4.69, 9.17) is 0 Å². The van der Waals surface area contributed by atoms with Crippen LogP contribution in [-0.4, -0.2) is 6.71 Å². The van der Waals surface area contributed by atoms with Crippen LogP contribution in [0, 0.1) is 13.8 Å². The summed E-state index contributed by atoms with van der Waals surface area (Å²) < 4.78 is 4.06. The van der Waals surface area contributed by atoms with E-state index in [1.54, 1.807) is 0 Å². The maximum atomic E-state index is 2.67. The van der Waals surface area contributed by atoms with Crippen molar-refractivity contribution in [2.24, 2.45) is 0 Å². The summed E-state index contributed by atoms with van der Waals surface area (Å²) in [6, 6.07) is 56.0. The number of thiophene rings is 2. The zero-order valence-corrected chi connectivity index (χ0v) is 41.3. The molecule has 0 bridgehead atoms. The molecule has 5 heteroatoms. The molecule has 0 saturated carbocycles. The monoisotopic (exact) mass is 880 g/mol. The van der Waals surface area contributed by atoms with Gasteiger partial charge >= 0.3 is 0 Å². The molecule has 7 aromatic carbocycles. The molecule has 0 unspecified atom stereocenters. The molecule has 0 radical (unpaired) electrons. The number of fused-ring (bicyclic) bond motifs is 7. The van der Waals surface area contributed by atoms with Crippen LogP contribution in [0.2, 0.25) is 0 Å². The first-order valence-electron chi connectivity index (χ1n) is 23.2. The van der Waals surface area contributed by atoms with Crippen LogP contribution in [0.4, 0.5) is 34.1 Å². The first-order valence-corrected chi connectivity index (χ1v) is 24.8. The molecule has 2 aliphatic heterocycles. The van der Waals surface area contributed by atoms with Gasteiger partial charge in [0.15, 0.2) is 0 Å². The molecule has 0 amide bonds. The molecule has 0 N–H and O–H groups in total. The standard InChI is InChI=1S/C60H57BN2S2/c1-36-30-43(60(9,10)11)31-37(2)55(36)63-49-22-17-21-48-54(49)61(57-56(63)45-35-42(59(6,7)8)26-29-52(45)65-57)46-27-24-40(53-33-39-20-15-16-23-51(39)64-53)32-50(46)62(48)47-28-25-41(58(3,4)5)34-44(47)38-18-13-12-14-19-38/h12-35H,1-11H3. The molecule has 65 heavy (non-hydrogen) atoms. The predicted octanol–water partition coefficient (Wildman–Crippen LogP) is 16.0. The van der Waals surface area contributed by atoms with Gasteiger partial charge in [-0.15, -0.1) is 22.7 Å². The molecular formula is C60H57BN2S2. The lowest BCUT2D eigenvalue weighted by atomic mass is 9.36. The van der Waals surface area contributed by atoms with Gasteiger partial charge in [-0.25, -0.2) is 0 Å². The maximum Gasteiger partial charge on any atom is 0.264 e. The van der Waals surface area contributed by atoms with Crippen molar-refractivity contribution in [1.29, 1.82) is 0 Å². The largest absolute Gasteiger partial charge is 0.311 e. The van der Waals surface area contributed by atoms with Gasteiger partial charge in [-0.05, 0) is 140 Å². The number of rotatable bonds is 4. The van der Waals surface area contributed by atoms with Gasteiger partial charge in [0, 0.05) is 47.1 Å². The summed E-state index contributed by atoms with van der Waals surface area (Å²) in [7, 11) is 0. The smallest absolute Gasteiger partial charge is 0.264 e. The van der Waals surface area contributed by atoms with Crippen LogP contribution in [0.15, 0.2) is 146 Å². The molecule has 0 atom stereocenters. The maximum absolute atomic E-state index is 2.67. The molecule has 2 nitrogen and oxygen atoms in total. The second-order valence-electron chi connectivity index (χ2n) is 21.6. The van der Waals surface area contributed by atoms with E-state index in [0.717, 1.165) is 0 Å². The van der Waals surface area contributed by atoms with Crippen LogP contribution in [0.3, 0.4) is 0 Å². The number of benzene rings is 7. The van der Waals surface area contributed by atoms with Gasteiger partial charge in [-0.1, -0.05) is 153 Å². The summed E-state index contributed by atoms with van der Waals surface area (Å²) in [4.78, 5) is 6.58. The topological polar surface area (TPSA) is 6.48 Å². The highest BCUT2D eigenvalue weighted by Crippen LogP contribution is 2.52. The van der Waals surface area contributed by atoms with E-state index in [1.165, 1.54) is 119 Å². The van der Waals surface area contributed by atoms with E-state index in [1.807, 2.05) is 22.7 Å². The fraction of sp³-hybridized carbons (Fsp3) is 0.233. The van der Waals surface area contributed by atoms with Gasteiger partial charge in [0.1, 0.15) is 0 Å². The van der Waals surface area contributed by atoms with E-state index in [9.17, 15) is 0 Å². The fourth-order valence-electron chi connectivity index (χ4n) is 10.4. The van der Waals surface area contributed by atoms with Crippen molar-refractivity contribution in [3.8, 4) is 21.6 Å². The SMILES string of the molecule is Cc1cc(C(C)(C)C)cc(C)c1N1c2cccc3c2B(c2ccc(-c4cc5ccccc5s4)cc2N3c2ccc(C(C)(C)C)cc2-c2ccccc2)c2sc3ccc(C(C)(C)C)cc3c21. The number of hydrogen-bond acceptors (Lipinski definition) is 4. The molecule has 4 heterocycles. The Bertz CT molecular complexity index is 3310. The van der Waals surface area contributed by atoms with Crippen LogP contribution >= 0.6 is 22.7 Å². The zero-order chi connectivity index (χ0) is 45.3. The second kappa shape index (κ2) is 14.8. The first-order chi connectivity index (χ1) is 31.0. The van der Waals surface area contributed by atoms with Gasteiger partial charge in [0.25, 0.3) is 6.71 Å². The van der Waals surface area contributed by atoms with Crippen molar-refractivity contribution in [1.82, 2.24) is 0 Å². The molecule has 11 rings (SSSR count). The molecule has 0 spiro atoms. The van der Waals surface area contributed by atoms with Crippen LogP contribution < -0.4 is 25.5 Å². The summed E-state index contributed by atoms with van der Waals surface area (Å²) in [5.41, 5.74) is 20.6. The summed E-state index contributed by atoms with van der Waals surface area (Å²) in [5, 5.41) is 2.63. The van der Waals surface area contributed by atoms with E-state index >= 15 is 0 Å². The number of hydrogen-bond donors (Lipinski definition) is 0. The fourth-order valence-corrected chi connectivity index (χ4v) is 12.8. The molecule has 0 saturated heterocycles. The summed E-state index contributed by atoms with van der Waals surface area (Å²) in [6.07, 6.45) is 0. The third kappa shape index (κ3) is 6.80. The minimum atomic E-state index is -0.0174. The predicted molar refractivity (Wildman–Crippen MR) is 288 cm³/mol. The van der Waals surface area contributed by atoms with Crippen molar-refractivity contribution >= 4 is 99.4 Å². The normalized spacial score (nSPS) is 13.7. The number of aryl methyl sites for hydroxylation is 2. The summed E-state index contributed by atoms with van der Waals surface area (Å²) in [6.45, 7) is 25.6. The van der Waals surface area contributed by atoms with Gasteiger partial charge in [-0.3, -0.25) is 0 Å². The molecular weight excluding hydrogens is 824 g/mol. The highest BCUT2D eigenvalue weighted by molar-refractivity contribution is 7.33. The van der Waals surface area contributed by atoms with E-state index in [0.29, 0.717) is 0 Å². The van der Waals surface area contributed by atoms with E-state index in [2.05, 4.69) is 232 Å². The third-order valence-electron chi connectivity index (χ3n) is 13.9. The second-order valence-corrected chi connectivity index (χ2v) is 23.7. The van der Waals surface area contributed by atoms with Crippen LogP contribution in [-0.2, 0) is 16.2 Å². The molecule has 9 aromatic rings. The highest BCUT2D eigenvalue weighted by atomic mass is 32.1. The molecule has 0 aliphatic carbocycles. The lowest BCUT2D eigenvalue weighted by Gasteiger charge is -2.44. The molecule has 2 aromatic heterocycles. The average molecular weight is 881 g/mol. The Kier molecular flexibility index (Phi) is 9.53. The minimum Gasteiger partial charge on any atom is -0.311 e. The quantitative estimate of drug-likeness (QED) is 0.163. The van der Waals surface area contributed by atoms with Crippen LogP contribution in [0.1, 0.15) is 90.1 Å². The lowest BCUT2D eigenvalue weighted by molar-refractivity contribution is 0.589. The van der Waals surface area contributed by atoms with E-state index in [-0.39, 0.29) is 23.0 Å². The first kappa shape index (κ1) is 41.8. The molecule has 322 valence electrons. The molecule has 0 fully saturated rings. The Hall–Kier alpha value is -5.88. The van der Waals surface area contributed by atoms with Crippen molar-refractivity contribution < 1.29 is 0 Å². The minimum absolute atomic E-state index is 0.00765. The van der Waals surface area contributed by atoms with Crippen LogP contribution in [0.25, 0.3) is 41.7 Å². The Morgan fingerprint density at radius 2 is 1.09 bits per heavy atom. The zero-order valence-electron chi connectivity index (χ0n) is 39.6. The average Bonchev–Trinajstić information content (AvgIpc) is 3.88. The van der Waals surface area contributed by atoms with Gasteiger partial charge in [0.2, 0.25) is 0 Å². The van der Waals surface area contributed by atoms with Gasteiger partial charge in [0.05, 0.1) is 17.1 Å². The Morgan fingerprint density at radius 1 is 0.446 bits per heavy atom. The van der Waals surface area contributed by atoms with Gasteiger partial charge < -0.3 is 9.80 Å². The summed E-state index contributed by atoms with van der Waals surface area (Å²) >= 11 is 3.87. The van der Waals surface area contributed by atoms with Crippen molar-refractivity contribution in [2.75, 3.05) is 9.80 Å². The Labute approximate surface area is 394 Å². The van der Waals surface area contributed by atoms with Crippen LogP contribution in [0.5, 0.6) is 0 Å².